The maximum Gasteiger partial charge on any atom is 0.247 e. The molecule has 0 unspecified atom stereocenters. The Hall–Kier alpha value is -1.68. The van der Waals surface area contributed by atoms with Gasteiger partial charge in [0.05, 0.1) is 12.6 Å². The second kappa shape index (κ2) is 5.97. The van der Waals surface area contributed by atoms with E-state index in [9.17, 15) is 14.3 Å². The fraction of sp³-hybridized carbons (Fsp3) is 0.400. The molecule has 1 N–H and O–H groups in total. The van der Waals surface area contributed by atoms with Gasteiger partial charge in [-0.3, -0.25) is 4.79 Å². The number of hydrogen-bond acceptors (Lipinski definition) is 2. The molecule has 0 bridgehead atoms. The van der Waals surface area contributed by atoms with Crippen molar-refractivity contribution < 1.29 is 14.3 Å². The average molecular weight is 263 g/mol. The molecule has 1 atom stereocenters. The minimum Gasteiger partial charge on any atom is -0.394 e. The number of aliphatic hydroxyl groups is 1. The first-order valence-electron chi connectivity index (χ1n) is 6.47. The standard InChI is InChI=1S/C15H18FNO2/c1-11(12-4-6-13(16)7-5-12)9-15(19)17-8-2-3-14(17)10-18/h4-7,9,14,18H,2-3,8,10H2,1H3/b11-9-/t14-/m1/s1. The third-order valence-electron chi connectivity index (χ3n) is 3.51. The third-order valence-corrected chi connectivity index (χ3v) is 3.51. The van der Waals surface area contributed by atoms with E-state index in [0.717, 1.165) is 24.0 Å². The second-order valence-electron chi connectivity index (χ2n) is 4.84. The van der Waals surface area contributed by atoms with E-state index in [2.05, 4.69) is 0 Å². The van der Waals surface area contributed by atoms with Gasteiger partial charge in [0, 0.05) is 12.6 Å². The Morgan fingerprint density at radius 3 is 2.79 bits per heavy atom. The quantitative estimate of drug-likeness (QED) is 0.849. The van der Waals surface area contributed by atoms with Crippen molar-refractivity contribution in [3.8, 4) is 0 Å². The lowest BCUT2D eigenvalue weighted by atomic mass is 10.1. The zero-order valence-electron chi connectivity index (χ0n) is 11.0. The number of aliphatic hydroxyl groups excluding tert-OH is 1. The molecule has 1 amide bonds. The first kappa shape index (κ1) is 13.7. The van der Waals surface area contributed by atoms with Crippen molar-refractivity contribution in [3.05, 3.63) is 41.7 Å². The molecule has 4 heteroatoms. The van der Waals surface area contributed by atoms with Gasteiger partial charge in [-0.1, -0.05) is 12.1 Å². The number of hydrogen-bond donors (Lipinski definition) is 1. The molecule has 1 aliphatic heterocycles. The average Bonchev–Trinajstić information content (AvgIpc) is 2.87. The smallest absolute Gasteiger partial charge is 0.247 e. The first-order chi connectivity index (χ1) is 9.11. The summed E-state index contributed by atoms with van der Waals surface area (Å²) in [6.45, 7) is 2.53. The van der Waals surface area contributed by atoms with Crippen LogP contribution < -0.4 is 0 Å². The summed E-state index contributed by atoms with van der Waals surface area (Å²) >= 11 is 0. The number of amides is 1. The van der Waals surface area contributed by atoms with Crippen LogP contribution in [0.5, 0.6) is 0 Å². The molecule has 1 saturated heterocycles. The van der Waals surface area contributed by atoms with Gasteiger partial charge < -0.3 is 10.0 Å². The molecule has 0 spiro atoms. The number of rotatable bonds is 3. The van der Waals surface area contributed by atoms with Crippen molar-refractivity contribution >= 4 is 11.5 Å². The number of nitrogens with zero attached hydrogens (tertiary/aromatic N) is 1. The van der Waals surface area contributed by atoms with Crippen LogP contribution in [0.4, 0.5) is 4.39 Å². The highest BCUT2D eigenvalue weighted by Crippen LogP contribution is 2.19. The van der Waals surface area contributed by atoms with Crippen molar-refractivity contribution in [2.75, 3.05) is 13.2 Å². The lowest BCUT2D eigenvalue weighted by Gasteiger charge is -2.21. The minimum atomic E-state index is -0.289. The van der Waals surface area contributed by atoms with Crippen LogP contribution in [-0.4, -0.2) is 35.1 Å². The topological polar surface area (TPSA) is 40.5 Å². The number of benzene rings is 1. The summed E-state index contributed by atoms with van der Waals surface area (Å²) in [5.74, 6) is -0.374. The summed E-state index contributed by atoms with van der Waals surface area (Å²) < 4.78 is 12.8. The van der Waals surface area contributed by atoms with Crippen LogP contribution in [-0.2, 0) is 4.79 Å². The first-order valence-corrected chi connectivity index (χ1v) is 6.47. The van der Waals surface area contributed by atoms with Crippen LogP contribution in [0.2, 0.25) is 0 Å². The summed E-state index contributed by atoms with van der Waals surface area (Å²) in [6, 6.07) is 6.00. The molecule has 1 aromatic carbocycles. The lowest BCUT2D eigenvalue weighted by Crippen LogP contribution is -2.36. The number of halogens is 1. The molecular formula is C15H18FNO2. The molecule has 0 saturated carbocycles. The molecule has 2 rings (SSSR count). The summed E-state index contributed by atoms with van der Waals surface area (Å²) in [5, 5.41) is 9.21. The van der Waals surface area contributed by atoms with E-state index in [1.165, 1.54) is 12.1 Å². The highest BCUT2D eigenvalue weighted by molar-refractivity contribution is 5.95. The van der Waals surface area contributed by atoms with Crippen LogP contribution in [0.15, 0.2) is 30.3 Å². The van der Waals surface area contributed by atoms with E-state index in [0.29, 0.717) is 6.54 Å². The predicted octanol–water partition coefficient (Wildman–Crippen LogP) is 2.21. The van der Waals surface area contributed by atoms with Gasteiger partial charge in [-0.2, -0.15) is 0 Å². The maximum atomic E-state index is 12.8. The predicted molar refractivity (Wildman–Crippen MR) is 71.9 cm³/mol. The lowest BCUT2D eigenvalue weighted by molar-refractivity contribution is -0.127. The molecule has 0 aromatic heterocycles. The van der Waals surface area contributed by atoms with Gasteiger partial charge in [-0.25, -0.2) is 4.39 Å². The number of carbonyl (C=O) groups excluding carboxylic acids is 1. The van der Waals surface area contributed by atoms with Gasteiger partial charge in [-0.15, -0.1) is 0 Å². The summed E-state index contributed by atoms with van der Waals surface area (Å²) in [5.41, 5.74) is 1.63. The third kappa shape index (κ3) is 3.20. The van der Waals surface area contributed by atoms with Crippen molar-refractivity contribution in [2.45, 2.75) is 25.8 Å². The number of carbonyl (C=O) groups is 1. The number of likely N-dealkylation sites (tertiary alicyclic amines) is 1. The molecule has 19 heavy (non-hydrogen) atoms. The second-order valence-corrected chi connectivity index (χ2v) is 4.84. The fourth-order valence-electron chi connectivity index (χ4n) is 2.38. The van der Waals surface area contributed by atoms with E-state index in [4.69, 9.17) is 0 Å². The molecule has 3 nitrogen and oxygen atoms in total. The minimum absolute atomic E-state index is 0.00910. The van der Waals surface area contributed by atoms with Crippen LogP contribution >= 0.6 is 0 Å². The van der Waals surface area contributed by atoms with E-state index in [1.54, 1.807) is 23.1 Å². The number of allylic oxidation sites excluding steroid dienone is 1. The summed E-state index contributed by atoms with van der Waals surface area (Å²) in [4.78, 5) is 13.8. The monoisotopic (exact) mass is 263 g/mol. The Balaban J connectivity index is 2.11. The van der Waals surface area contributed by atoms with Crippen LogP contribution in [0.1, 0.15) is 25.3 Å². The Morgan fingerprint density at radius 2 is 2.16 bits per heavy atom. The van der Waals surface area contributed by atoms with Gasteiger partial charge in [-0.05, 0) is 43.0 Å². The normalized spacial score (nSPS) is 19.8. The van der Waals surface area contributed by atoms with Crippen molar-refractivity contribution in [2.24, 2.45) is 0 Å². The molecule has 0 aliphatic carbocycles. The maximum absolute atomic E-state index is 12.8. The van der Waals surface area contributed by atoms with Crippen molar-refractivity contribution in [1.29, 1.82) is 0 Å². The zero-order chi connectivity index (χ0) is 13.8. The Kier molecular flexibility index (Phi) is 4.32. The largest absolute Gasteiger partial charge is 0.394 e. The van der Waals surface area contributed by atoms with Gasteiger partial charge in [0.2, 0.25) is 5.91 Å². The van der Waals surface area contributed by atoms with Gasteiger partial charge >= 0.3 is 0 Å². The zero-order valence-corrected chi connectivity index (χ0v) is 11.0. The molecule has 1 fully saturated rings. The van der Waals surface area contributed by atoms with E-state index < -0.39 is 0 Å². The van der Waals surface area contributed by atoms with E-state index >= 15 is 0 Å². The Morgan fingerprint density at radius 1 is 1.47 bits per heavy atom. The molecule has 1 aliphatic rings. The highest BCUT2D eigenvalue weighted by atomic mass is 19.1. The summed E-state index contributed by atoms with van der Waals surface area (Å²) in [7, 11) is 0. The Bertz CT molecular complexity index is 481. The van der Waals surface area contributed by atoms with Crippen LogP contribution in [0.25, 0.3) is 5.57 Å². The van der Waals surface area contributed by atoms with Gasteiger partial charge in [0.25, 0.3) is 0 Å². The molecule has 0 radical (unpaired) electrons. The van der Waals surface area contributed by atoms with Crippen LogP contribution in [0, 0.1) is 5.82 Å². The summed E-state index contributed by atoms with van der Waals surface area (Å²) in [6.07, 6.45) is 3.34. The van der Waals surface area contributed by atoms with Crippen molar-refractivity contribution in [3.63, 3.8) is 0 Å². The SMILES string of the molecule is C/C(=C/C(=O)N1CCC[C@@H]1CO)c1ccc(F)cc1. The Labute approximate surface area is 112 Å². The van der Waals surface area contributed by atoms with Gasteiger partial charge in [0.1, 0.15) is 5.82 Å². The van der Waals surface area contributed by atoms with E-state index in [1.807, 2.05) is 6.92 Å². The molecular weight excluding hydrogens is 245 g/mol. The molecule has 102 valence electrons. The molecule has 1 aromatic rings. The molecule has 1 heterocycles. The van der Waals surface area contributed by atoms with E-state index in [-0.39, 0.29) is 24.4 Å². The van der Waals surface area contributed by atoms with Crippen molar-refractivity contribution in [1.82, 2.24) is 4.90 Å². The van der Waals surface area contributed by atoms with Crippen LogP contribution in [0.3, 0.4) is 0 Å². The highest BCUT2D eigenvalue weighted by Gasteiger charge is 2.26. The fourth-order valence-corrected chi connectivity index (χ4v) is 2.38. The van der Waals surface area contributed by atoms with Gasteiger partial charge in [0.15, 0.2) is 0 Å².